The molecule has 0 radical (unpaired) electrons. The molecule has 0 fully saturated rings. The smallest absolute Gasteiger partial charge is 0.240 e. The second-order valence-electron chi connectivity index (χ2n) is 7.05. The van der Waals surface area contributed by atoms with Gasteiger partial charge in [-0.3, -0.25) is 4.79 Å². The van der Waals surface area contributed by atoms with E-state index in [2.05, 4.69) is 17.0 Å². The summed E-state index contributed by atoms with van der Waals surface area (Å²) in [5.74, 6) is 0.0127. The van der Waals surface area contributed by atoms with Gasteiger partial charge in [-0.05, 0) is 42.2 Å². The SMILES string of the molecule is CCCCCCNS(=O)(=O)c1ccc(NC(=O)CC(C)c2ccccc2)cc1. The number of benzene rings is 2. The molecule has 1 amide bonds. The molecule has 0 aliphatic rings. The van der Waals surface area contributed by atoms with E-state index in [4.69, 9.17) is 0 Å². The highest BCUT2D eigenvalue weighted by Gasteiger charge is 2.14. The lowest BCUT2D eigenvalue weighted by Gasteiger charge is -2.12. The first-order chi connectivity index (χ1) is 13.4. The van der Waals surface area contributed by atoms with Crippen molar-refractivity contribution in [2.45, 2.75) is 56.8 Å². The molecule has 0 aliphatic heterocycles. The average molecular weight is 403 g/mol. The highest BCUT2D eigenvalue weighted by molar-refractivity contribution is 7.89. The van der Waals surface area contributed by atoms with Crippen LogP contribution in [-0.4, -0.2) is 20.9 Å². The van der Waals surface area contributed by atoms with E-state index in [9.17, 15) is 13.2 Å². The molecule has 0 spiro atoms. The third-order valence-corrected chi connectivity index (χ3v) is 6.11. The van der Waals surface area contributed by atoms with E-state index in [1.165, 1.54) is 12.1 Å². The van der Waals surface area contributed by atoms with Crippen molar-refractivity contribution in [1.82, 2.24) is 4.72 Å². The maximum Gasteiger partial charge on any atom is 0.240 e. The number of carbonyl (C=O) groups is 1. The highest BCUT2D eigenvalue weighted by atomic mass is 32.2. The number of carbonyl (C=O) groups excluding carboxylic acids is 1. The lowest BCUT2D eigenvalue weighted by molar-refractivity contribution is -0.116. The van der Waals surface area contributed by atoms with Crippen LogP contribution in [0.5, 0.6) is 0 Å². The van der Waals surface area contributed by atoms with Gasteiger partial charge in [-0.2, -0.15) is 0 Å². The van der Waals surface area contributed by atoms with Crippen molar-refractivity contribution >= 4 is 21.6 Å². The summed E-state index contributed by atoms with van der Waals surface area (Å²) < 4.78 is 27.2. The number of sulfonamides is 1. The molecule has 0 aliphatic carbocycles. The lowest BCUT2D eigenvalue weighted by Crippen LogP contribution is -2.24. The third kappa shape index (κ3) is 7.09. The summed E-state index contributed by atoms with van der Waals surface area (Å²) in [4.78, 5) is 12.5. The van der Waals surface area contributed by atoms with E-state index in [0.717, 1.165) is 31.2 Å². The van der Waals surface area contributed by atoms with E-state index in [1.807, 2.05) is 37.3 Å². The zero-order valence-corrected chi connectivity index (χ0v) is 17.5. The molecule has 5 nitrogen and oxygen atoms in total. The van der Waals surface area contributed by atoms with Gasteiger partial charge < -0.3 is 5.32 Å². The van der Waals surface area contributed by atoms with Crippen LogP contribution in [0.3, 0.4) is 0 Å². The second-order valence-corrected chi connectivity index (χ2v) is 8.81. The van der Waals surface area contributed by atoms with Crippen LogP contribution in [0.15, 0.2) is 59.5 Å². The molecule has 28 heavy (non-hydrogen) atoms. The first-order valence-corrected chi connectivity index (χ1v) is 11.3. The Labute approximate surface area is 168 Å². The number of unbranched alkanes of at least 4 members (excludes halogenated alkanes) is 3. The maximum absolute atomic E-state index is 12.3. The van der Waals surface area contributed by atoms with Crippen molar-refractivity contribution in [1.29, 1.82) is 0 Å². The van der Waals surface area contributed by atoms with Gasteiger partial charge in [0.05, 0.1) is 4.90 Å². The van der Waals surface area contributed by atoms with Crippen molar-refractivity contribution in [2.75, 3.05) is 11.9 Å². The molecule has 2 N–H and O–H groups in total. The molecule has 6 heteroatoms. The van der Waals surface area contributed by atoms with Gasteiger partial charge in [-0.25, -0.2) is 13.1 Å². The van der Waals surface area contributed by atoms with Crippen LogP contribution in [0.4, 0.5) is 5.69 Å². The van der Waals surface area contributed by atoms with Crippen LogP contribution >= 0.6 is 0 Å². The molecule has 1 unspecified atom stereocenters. The van der Waals surface area contributed by atoms with Gasteiger partial charge in [0.2, 0.25) is 15.9 Å². The van der Waals surface area contributed by atoms with Crippen LogP contribution in [0.2, 0.25) is 0 Å². The Balaban J connectivity index is 1.86. The summed E-state index contributed by atoms with van der Waals surface area (Å²) in [6.45, 7) is 4.57. The summed E-state index contributed by atoms with van der Waals surface area (Å²) in [5, 5.41) is 2.83. The molecule has 2 rings (SSSR count). The van der Waals surface area contributed by atoms with Gasteiger partial charge in [-0.1, -0.05) is 63.4 Å². The molecule has 0 aromatic heterocycles. The largest absolute Gasteiger partial charge is 0.326 e. The lowest BCUT2D eigenvalue weighted by atomic mass is 9.97. The van der Waals surface area contributed by atoms with Gasteiger partial charge in [-0.15, -0.1) is 0 Å². The minimum absolute atomic E-state index is 0.0963. The Hall–Kier alpha value is -2.18. The normalized spacial score (nSPS) is 12.5. The number of hydrogen-bond donors (Lipinski definition) is 2. The predicted octanol–water partition coefficient (Wildman–Crippen LogP) is 4.68. The van der Waals surface area contributed by atoms with Gasteiger partial charge in [0.25, 0.3) is 0 Å². The molecule has 0 saturated carbocycles. The van der Waals surface area contributed by atoms with Crippen LogP contribution < -0.4 is 10.0 Å². The standard InChI is InChI=1S/C22H30N2O3S/c1-3-4-5-9-16-23-28(26,27)21-14-12-20(13-15-21)24-22(25)17-18(2)19-10-7-6-8-11-19/h6-8,10-15,18,23H,3-5,9,16-17H2,1-2H3,(H,24,25). The van der Waals surface area contributed by atoms with Crippen LogP contribution in [-0.2, 0) is 14.8 Å². The average Bonchev–Trinajstić information content (AvgIpc) is 2.68. The Morgan fingerprint density at radius 1 is 0.964 bits per heavy atom. The zero-order chi connectivity index (χ0) is 20.4. The van der Waals surface area contributed by atoms with Crippen molar-refractivity contribution in [3.05, 3.63) is 60.2 Å². The molecule has 2 aromatic rings. The van der Waals surface area contributed by atoms with E-state index in [-0.39, 0.29) is 16.7 Å². The predicted molar refractivity (Wildman–Crippen MR) is 114 cm³/mol. The zero-order valence-electron chi connectivity index (χ0n) is 16.6. The minimum atomic E-state index is -3.51. The summed E-state index contributed by atoms with van der Waals surface area (Å²) in [6.07, 6.45) is 4.44. The fraction of sp³-hybridized carbons (Fsp3) is 0.409. The molecular weight excluding hydrogens is 372 g/mol. The Kier molecular flexibility index (Phi) is 8.67. The number of nitrogens with one attached hydrogen (secondary N) is 2. The number of amides is 1. The molecule has 0 heterocycles. The Morgan fingerprint density at radius 2 is 1.64 bits per heavy atom. The third-order valence-electron chi connectivity index (χ3n) is 4.63. The molecule has 1 atom stereocenters. The van der Waals surface area contributed by atoms with E-state index in [0.29, 0.717) is 18.7 Å². The summed E-state index contributed by atoms with van der Waals surface area (Å²) in [6, 6.07) is 16.2. The monoisotopic (exact) mass is 402 g/mol. The number of hydrogen-bond acceptors (Lipinski definition) is 3. The number of rotatable bonds is 11. The van der Waals surface area contributed by atoms with E-state index >= 15 is 0 Å². The summed E-state index contributed by atoms with van der Waals surface area (Å²) in [7, 11) is -3.51. The fourth-order valence-electron chi connectivity index (χ4n) is 2.95. The number of anilines is 1. The first kappa shape index (κ1) is 22.1. The molecular formula is C22H30N2O3S. The van der Waals surface area contributed by atoms with Gasteiger partial charge >= 0.3 is 0 Å². The maximum atomic E-state index is 12.3. The molecule has 0 bridgehead atoms. The van der Waals surface area contributed by atoms with Crippen LogP contribution in [0.1, 0.15) is 57.4 Å². The van der Waals surface area contributed by atoms with Gasteiger partial charge in [0.1, 0.15) is 0 Å². The van der Waals surface area contributed by atoms with Crippen LogP contribution in [0, 0.1) is 0 Å². The van der Waals surface area contributed by atoms with Gasteiger partial charge in [0, 0.05) is 18.7 Å². The van der Waals surface area contributed by atoms with Gasteiger partial charge in [0.15, 0.2) is 0 Å². The van der Waals surface area contributed by atoms with Crippen LogP contribution in [0.25, 0.3) is 0 Å². The van der Waals surface area contributed by atoms with E-state index in [1.54, 1.807) is 12.1 Å². The fourth-order valence-corrected chi connectivity index (χ4v) is 4.02. The topological polar surface area (TPSA) is 75.3 Å². The molecule has 152 valence electrons. The van der Waals surface area contributed by atoms with Crippen molar-refractivity contribution in [2.24, 2.45) is 0 Å². The highest BCUT2D eigenvalue weighted by Crippen LogP contribution is 2.20. The summed E-state index contributed by atoms with van der Waals surface area (Å²) in [5.41, 5.74) is 1.70. The minimum Gasteiger partial charge on any atom is -0.326 e. The quantitative estimate of drug-likeness (QED) is 0.536. The first-order valence-electron chi connectivity index (χ1n) is 9.87. The summed E-state index contributed by atoms with van der Waals surface area (Å²) >= 11 is 0. The van der Waals surface area contributed by atoms with Crippen molar-refractivity contribution in [3.8, 4) is 0 Å². The van der Waals surface area contributed by atoms with Crippen molar-refractivity contribution in [3.63, 3.8) is 0 Å². The van der Waals surface area contributed by atoms with Crippen molar-refractivity contribution < 1.29 is 13.2 Å². The molecule has 2 aromatic carbocycles. The molecule has 0 saturated heterocycles. The van der Waals surface area contributed by atoms with E-state index < -0.39 is 10.0 Å². The second kappa shape index (κ2) is 11.0. The Morgan fingerprint density at radius 3 is 2.29 bits per heavy atom. The Bertz CT molecular complexity index is 834.